The molecule has 3 nitrogen and oxygen atoms in total. The van der Waals surface area contributed by atoms with Gasteiger partial charge in [0.15, 0.2) is 0 Å². The van der Waals surface area contributed by atoms with Gasteiger partial charge in [0.2, 0.25) is 0 Å². The lowest BCUT2D eigenvalue weighted by atomic mass is 9.89. The molecule has 1 atom stereocenters. The van der Waals surface area contributed by atoms with E-state index in [-0.39, 0.29) is 24.8 Å². The maximum absolute atomic E-state index is 9.15. The Morgan fingerprint density at radius 1 is 1.14 bits per heavy atom. The second-order valence-electron chi connectivity index (χ2n) is 6.01. The molecule has 1 aliphatic carbocycles. The van der Waals surface area contributed by atoms with E-state index < -0.39 is 0 Å². The van der Waals surface area contributed by atoms with Crippen molar-refractivity contribution in [1.82, 2.24) is 10.2 Å². The van der Waals surface area contributed by atoms with Gasteiger partial charge in [-0.3, -0.25) is 4.90 Å². The molecule has 2 fully saturated rings. The fourth-order valence-electron chi connectivity index (χ4n) is 3.81. The van der Waals surface area contributed by atoms with Crippen molar-refractivity contribution in [2.75, 3.05) is 26.2 Å². The molecule has 0 radical (unpaired) electrons. The third-order valence-corrected chi connectivity index (χ3v) is 4.75. The van der Waals surface area contributed by atoms with Gasteiger partial charge in [-0.15, -0.1) is 24.8 Å². The summed E-state index contributed by atoms with van der Waals surface area (Å²) in [6, 6.07) is 11.1. The van der Waals surface area contributed by atoms with E-state index in [9.17, 15) is 0 Å². The summed E-state index contributed by atoms with van der Waals surface area (Å²) in [6.45, 7) is 4.41. The number of halogens is 2. The van der Waals surface area contributed by atoms with E-state index in [4.69, 9.17) is 5.26 Å². The summed E-state index contributed by atoms with van der Waals surface area (Å²) in [6.07, 6.45) is 5.41. The number of nitrogens with one attached hydrogen (secondary N) is 1. The number of hydrogen-bond donors (Lipinski definition) is 1. The van der Waals surface area contributed by atoms with Crippen LogP contribution in [-0.2, 0) is 0 Å². The minimum absolute atomic E-state index is 0. The first-order chi connectivity index (χ1) is 9.88. The Morgan fingerprint density at radius 3 is 2.45 bits per heavy atom. The predicted molar refractivity (Wildman–Crippen MR) is 94.8 cm³/mol. The number of rotatable bonds is 3. The Hall–Kier alpha value is -0.790. The fourth-order valence-corrected chi connectivity index (χ4v) is 3.81. The summed E-state index contributed by atoms with van der Waals surface area (Å²) in [5, 5.41) is 12.6. The lowest BCUT2D eigenvalue weighted by Crippen LogP contribution is -2.46. The minimum atomic E-state index is 0. The minimum Gasteiger partial charge on any atom is -0.314 e. The molecule has 22 heavy (non-hydrogen) atoms. The number of piperazine rings is 1. The van der Waals surface area contributed by atoms with Gasteiger partial charge in [-0.2, -0.15) is 5.26 Å². The van der Waals surface area contributed by atoms with Crippen molar-refractivity contribution in [1.29, 1.82) is 5.26 Å². The molecule has 1 heterocycles. The topological polar surface area (TPSA) is 39.1 Å². The molecule has 1 saturated carbocycles. The van der Waals surface area contributed by atoms with Crippen molar-refractivity contribution in [3.8, 4) is 6.07 Å². The highest BCUT2D eigenvalue weighted by Crippen LogP contribution is 2.39. The standard InChI is InChI=1S/C17H23N3.2ClH/c18-13-14-4-3-7-16(12-14)17(15-5-1-2-6-15)20-10-8-19-9-11-20;;/h3-4,7,12,15,17,19H,1-2,5-6,8-11H2;2*1H/t17-;;/m0../s1. The summed E-state index contributed by atoms with van der Waals surface area (Å²) >= 11 is 0. The predicted octanol–water partition coefficient (Wildman–Crippen LogP) is 3.54. The van der Waals surface area contributed by atoms with Gasteiger partial charge in [0.25, 0.3) is 0 Å². The van der Waals surface area contributed by atoms with Crippen molar-refractivity contribution < 1.29 is 0 Å². The zero-order chi connectivity index (χ0) is 13.8. The molecule has 0 unspecified atom stereocenters. The SMILES string of the molecule is Cl.Cl.N#Cc1cccc([C@H](C2CCCC2)N2CCNCC2)c1. The Balaban J connectivity index is 0.00000121. The molecule has 0 bridgehead atoms. The molecule has 0 spiro atoms. The molecule has 1 saturated heterocycles. The van der Waals surface area contributed by atoms with Gasteiger partial charge in [0, 0.05) is 32.2 Å². The van der Waals surface area contributed by atoms with Gasteiger partial charge in [-0.05, 0) is 36.5 Å². The van der Waals surface area contributed by atoms with Crippen molar-refractivity contribution >= 4 is 24.8 Å². The van der Waals surface area contributed by atoms with Gasteiger partial charge in [0.1, 0.15) is 0 Å². The van der Waals surface area contributed by atoms with Gasteiger partial charge in [-0.25, -0.2) is 0 Å². The zero-order valence-corrected chi connectivity index (χ0v) is 14.5. The highest BCUT2D eigenvalue weighted by molar-refractivity contribution is 5.85. The van der Waals surface area contributed by atoms with E-state index in [1.165, 1.54) is 31.2 Å². The number of hydrogen-bond acceptors (Lipinski definition) is 3. The summed E-state index contributed by atoms with van der Waals surface area (Å²) in [7, 11) is 0. The molecule has 122 valence electrons. The van der Waals surface area contributed by atoms with Crippen LogP contribution >= 0.6 is 24.8 Å². The van der Waals surface area contributed by atoms with Crippen LogP contribution in [0.1, 0.15) is 42.9 Å². The molecular formula is C17H25Cl2N3. The van der Waals surface area contributed by atoms with Crippen LogP contribution in [0.25, 0.3) is 0 Å². The van der Waals surface area contributed by atoms with Crippen LogP contribution < -0.4 is 5.32 Å². The second kappa shape index (κ2) is 9.37. The van der Waals surface area contributed by atoms with Crippen LogP contribution in [0.15, 0.2) is 24.3 Å². The maximum atomic E-state index is 9.15. The van der Waals surface area contributed by atoms with Crippen LogP contribution in [0.2, 0.25) is 0 Å². The van der Waals surface area contributed by atoms with Crippen LogP contribution in [0.4, 0.5) is 0 Å². The first kappa shape index (κ1) is 19.3. The molecule has 1 N–H and O–H groups in total. The molecule has 0 aromatic heterocycles. The first-order valence-corrected chi connectivity index (χ1v) is 7.83. The van der Waals surface area contributed by atoms with Crippen molar-refractivity contribution in [3.05, 3.63) is 35.4 Å². The van der Waals surface area contributed by atoms with Crippen molar-refractivity contribution in [2.24, 2.45) is 5.92 Å². The molecule has 5 heteroatoms. The van der Waals surface area contributed by atoms with E-state index in [0.717, 1.165) is 37.7 Å². The van der Waals surface area contributed by atoms with E-state index in [1.807, 2.05) is 12.1 Å². The van der Waals surface area contributed by atoms with Gasteiger partial charge >= 0.3 is 0 Å². The molecule has 1 aromatic carbocycles. The molecule has 2 aliphatic rings. The quantitative estimate of drug-likeness (QED) is 0.913. The highest BCUT2D eigenvalue weighted by Gasteiger charge is 2.31. The molecule has 0 amide bonds. The third-order valence-electron chi connectivity index (χ3n) is 4.75. The summed E-state index contributed by atoms with van der Waals surface area (Å²) in [4.78, 5) is 2.63. The average Bonchev–Trinajstić information content (AvgIpc) is 3.03. The van der Waals surface area contributed by atoms with Crippen LogP contribution in [-0.4, -0.2) is 31.1 Å². The third kappa shape index (κ3) is 4.36. The monoisotopic (exact) mass is 341 g/mol. The number of benzene rings is 1. The van der Waals surface area contributed by atoms with Gasteiger partial charge in [-0.1, -0.05) is 25.0 Å². The maximum Gasteiger partial charge on any atom is 0.0991 e. The largest absolute Gasteiger partial charge is 0.314 e. The zero-order valence-electron chi connectivity index (χ0n) is 12.8. The van der Waals surface area contributed by atoms with Crippen LogP contribution in [0.5, 0.6) is 0 Å². The molecular weight excluding hydrogens is 317 g/mol. The smallest absolute Gasteiger partial charge is 0.0991 e. The van der Waals surface area contributed by atoms with E-state index >= 15 is 0 Å². The molecule has 1 aliphatic heterocycles. The van der Waals surface area contributed by atoms with E-state index in [0.29, 0.717) is 6.04 Å². The van der Waals surface area contributed by atoms with E-state index in [2.05, 4.69) is 28.4 Å². The average molecular weight is 342 g/mol. The summed E-state index contributed by atoms with van der Waals surface area (Å²) < 4.78 is 0. The van der Waals surface area contributed by atoms with Gasteiger partial charge in [0.05, 0.1) is 11.6 Å². The first-order valence-electron chi connectivity index (χ1n) is 7.83. The van der Waals surface area contributed by atoms with E-state index in [1.54, 1.807) is 0 Å². The van der Waals surface area contributed by atoms with Crippen molar-refractivity contribution in [2.45, 2.75) is 31.7 Å². The van der Waals surface area contributed by atoms with Crippen LogP contribution in [0.3, 0.4) is 0 Å². The Bertz CT molecular complexity index is 489. The van der Waals surface area contributed by atoms with Crippen molar-refractivity contribution in [3.63, 3.8) is 0 Å². The lowest BCUT2D eigenvalue weighted by molar-refractivity contribution is 0.125. The number of nitrogens with zero attached hydrogens (tertiary/aromatic N) is 2. The molecule has 1 aromatic rings. The summed E-state index contributed by atoms with van der Waals surface area (Å²) in [5.74, 6) is 0.766. The Labute approximate surface area is 145 Å². The number of nitriles is 1. The fraction of sp³-hybridized carbons (Fsp3) is 0.588. The van der Waals surface area contributed by atoms with Gasteiger partial charge < -0.3 is 5.32 Å². The molecule has 3 rings (SSSR count). The summed E-state index contributed by atoms with van der Waals surface area (Å²) in [5.41, 5.74) is 2.14. The Morgan fingerprint density at radius 2 is 1.82 bits per heavy atom. The van der Waals surface area contributed by atoms with Crippen LogP contribution in [0, 0.1) is 17.2 Å². The normalized spacial score (nSPS) is 20.5. The Kier molecular flexibility index (Phi) is 8.20. The second-order valence-corrected chi connectivity index (χ2v) is 6.01. The highest BCUT2D eigenvalue weighted by atomic mass is 35.5. The lowest BCUT2D eigenvalue weighted by Gasteiger charge is -2.38.